The van der Waals surface area contributed by atoms with Crippen molar-refractivity contribution in [2.24, 2.45) is 7.05 Å². The van der Waals surface area contributed by atoms with Gasteiger partial charge in [-0.25, -0.2) is 0 Å². The normalized spacial score (nSPS) is 19.5. The molecule has 22 heavy (non-hydrogen) atoms. The number of likely N-dealkylation sites (tertiary alicyclic amines) is 1. The summed E-state index contributed by atoms with van der Waals surface area (Å²) in [6.07, 6.45) is 10.3. The van der Waals surface area contributed by atoms with Crippen LogP contribution in [0.5, 0.6) is 0 Å². The highest BCUT2D eigenvalue weighted by Gasteiger charge is 2.23. The molecule has 1 saturated heterocycles. The lowest BCUT2D eigenvalue weighted by Crippen LogP contribution is -2.39. The molecule has 0 aliphatic carbocycles. The van der Waals surface area contributed by atoms with E-state index in [0.717, 1.165) is 18.7 Å². The number of pyridine rings is 1. The molecule has 0 saturated carbocycles. The summed E-state index contributed by atoms with van der Waals surface area (Å²) in [6, 6.07) is 6.88. The van der Waals surface area contributed by atoms with Gasteiger partial charge in [-0.15, -0.1) is 0 Å². The maximum Gasteiger partial charge on any atom is 0.0638 e. The monoisotopic (exact) mass is 298 g/mol. The smallest absolute Gasteiger partial charge is 0.0638 e. The number of rotatable bonds is 5. The van der Waals surface area contributed by atoms with Crippen LogP contribution in [0.1, 0.15) is 42.6 Å². The molecule has 0 bridgehead atoms. The van der Waals surface area contributed by atoms with Crippen molar-refractivity contribution in [3.63, 3.8) is 0 Å². The second-order valence-corrected chi connectivity index (χ2v) is 6.39. The van der Waals surface area contributed by atoms with Crippen LogP contribution in [-0.4, -0.2) is 32.3 Å². The summed E-state index contributed by atoms with van der Waals surface area (Å²) in [4.78, 5) is 7.11. The molecule has 118 valence electrons. The minimum atomic E-state index is 0.676. The number of hydrogen-bond acceptors (Lipinski definition) is 3. The molecule has 3 heterocycles. The van der Waals surface area contributed by atoms with E-state index in [1.54, 1.807) is 0 Å². The van der Waals surface area contributed by atoms with E-state index < -0.39 is 0 Å². The molecule has 0 amide bonds. The summed E-state index contributed by atoms with van der Waals surface area (Å²) in [5.41, 5.74) is 3.74. The van der Waals surface area contributed by atoms with Gasteiger partial charge in [0.1, 0.15) is 0 Å². The van der Waals surface area contributed by atoms with Crippen LogP contribution in [0.3, 0.4) is 0 Å². The number of hydrogen-bond donors (Lipinski definition) is 0. The van der Waals surface area contributed by atoms with Gasteiger partial charge in [-0.05, 0) is 51.3 Å². The average Bonchev–Trinajstić information content (AvgIpc) is 2.85. The Morgan fingerprint density at radius 2 is 2.18 bits per heavy atom. The minimum absolute atomic E-state index is 0.676. The molecule has 4 nitrogen and oxygen atoms in total. The van der Waals surface area contributed by atoms with Crippen LogP contribution >= 0.6 is 0 Å². The number of aromatic nitrogens is 3. The van der Waals surface area contributed by atoms with Crippen LogP contribution in [-0.2, 0) is 20.0 Å². The SMILES string of the molecule is Cc1nn(C)cc1CN1CCCC[C@@H]1CCc1ccccn1. The zero-order valence-corrected chi connectivity index (χ0v) is 13.7. The van der Waals surface area contributed by atoms with E-state index in [-0.39, 0.29) is 0 Å². The summed E-state index contributed by atoms with van der Waals surface area (Å²) in [7, 11) is 2.01. The van der Waals surface area contributed by atoms with Gasteiger partial charge in [-0.2, -0.15) is 5.10 Å². The summed E-state index contributed by atoms with van der Waals surface area (Å²) < 4.78 is 1.93. The van der Waals surface area contributed by atoms with E-state index in [2.05, 4.69) is 40.2 Å². The highest BCUT2D eigenvalue weighted by molar-refractivity contribution is 5.15. The fourth-order valence-electron chi connectivity index (χ4n) is 3.48. The fourth-order valence-corrected chi connectivity index (χ4v) is 3.48. The molecule has 0 N–H and O–H groups in total. The zero-order chi connectivity index (χ0) is 15.4. The molecule has 1 fully saturated rings. The Hall–Kier alpha value is -1.68. The third-order valence-electron chi connectivity index (χ3n) is 4.70. The first-order valence-corrected chi connectivity index (χ1v) is 8.35. The van der Waals surface area contributed by atoms with Gasteiger partial charge in [0.05, 0.1) is 5.69 Å². The third-order valence-corrected chi connectivity index (χ3v) is 4.70. The first kappa shape index (κ1) is 15.2. The van der Waals surface area contributed by atoms with Gasteiger partial charge in [-0.3, -0.25) is 14.6 Å². The van der Waals surface area contributed by atoms with Gasteiger partial charge in [0.15, 0.2) is 0 Å². The van der Waals surface area contributed by atoms with Crippen LogP contribution in [0.2, 0.25) is 0 Å². The molecule has 3 rings (SSSR count). The Morgan fingerprint density at radius 3 is 2.91 bits per heavy atom. The van der Waals surface area contributed by atoms with Crippen molar-refractivity contribution < 1.29 is 0 Å². The Balaban J connectivity index is 1.62. The van der Waals surface area contributed by atoms with Crippen molar-refractivity contribution in [1.29, 1.82) is 0 Å². The highest BCUT2D eigenvalue weighted by Crippen LogP contribution is 2.23. The van der Waals surface area contributed by atoms with Crippen molar-refractivity contribution in [2.45, 2.75) is 51.6 Å². The predicted molar refractivity (Wildman–Crippen MR) is 88.6 cm³/mol. The van der Waals surface area contributed by atoms with E-state index >= 15 is 0 Å². The first-order chi connectivity index (χ1) is 10.7. The van der Waals surface area contributed by atoms with Crippen LogP contribution in [0.15, 0.2) is 30.6 Å². The number of aryl methyl sites for hydroxylation is 3. The van der Waals surface area contributed by atoms with Gasteiger partial charge in [-0.1, -0.05) is 12.5 Å². The van der Waals surface area contributed by atoms with Crippen LogP contribution in [0, 0.1) is 6.92 Å². The Kier molecular flexibility index (Phi) is 4.88. The van der Waals surface area contributed by atoms with E-state index in [1.807, 2.05) is 24.0 Å². The van der Waals surface area contributed by atoms with Gasteiger partial charge in [0.25, 0.3) is 0 Å². The quantitative estimate of drug-likeness (QED) is 0.850. The zero-order valence-electron chi connectivity index (χ0n) is 13.7. The largest absolute Gasteiger partial charge is 0.296 e. The standard InChI is InChI=1S/C18H26N4/c1-15-16(13-21(2)20-15)14-22-12-6-4-8-18(22)10-9-17-7-3-5-11-19-17/h3,5,7,11,13,18H,4,6,8-10,12,14H2,1-2H3/t18-/m1/s1. The lowest BCUT2D eigenvalue weighted by atomic mass is 9.96. The average molecular weight is 298 g/mol. The second-order valence-electron chi connectivity index (χ2n) is 6.39. The van der Waals surface area contributed by atoms with E-state index in [4.69, 9.17) is 0 Å². The van der Waals surface area contributed by atoms with Gasteiger partial charge >= 0.3 is 0 Å². The minimum Gasteiger partial charge on any atom is -0.296 e. The molecule has 0 aromatic carbocycles. The fraction of sp³-hybridized carbons (Fsp3) is 0.556. The Morgan fingerprint density at radius 1 is 1.27 bits per heavy atom. The summed E-state index contributed by atoms with van der Waals surface area (Å²) in [6.45, 7) is 4.36. The molecule has 1 aliphatic heterocycles. The second kappa shape index (κ2) is 7.05. The maximum absolute atomic E-state index is 4.48. The molecular formula is C18H26N4. The molecule has 2 aromatic rings. The molecule has 4 heteroatoms. The van der Waals surface area contributed by atoms with Crippen LogP contribution < -0.4 is 0 Å². The van der Waals surface area contributed by atoms with Crippen LogP contribution in [0.4, 0.5) is 0 Å². The lowest BCUT2D eigenvalue weighted by Gasteiger charge is -2.35. The molecule has 0 spiro atoms. The molecule has 2 aromatic heterocycles. The summed E-state index contributed by atoms with van der Waals surface area (Å²) >= 11 is 0. The van der Waals surface area contributed by atoms with Crippen molar-refractivity contribution in [2.75, 3.05) is 6.54 Å². The predicted octanol–water partition coefficient (Wildman–Crippen LogP) is 3.11. The Labute approximate surface area is 133 Å². The summed E-state index contributed by atoms with van der Waals surface area (Å²) in [5, 5.41) is 4.48. The lowest BCUT2D eigenvalue weighted by molar-refractivity contribution is 0.132. The number of piperidine rings is 1. The maximum atomic E-state index is 4.48. The third kappa shape index (κ3) is 3.74. The molecule has 0 unspecified atom stereocenters. The van der Waals surface area contributed by atoms with E-state index in [0.29, 0.717) is 6.04 Å². The molecule has 1 aliphatic rings. The van der Waals surface area contributed by atoms with E-state index in [1.165, 1.54) is 43.5 Å². The van der Waals surface area contributed by atoms with Crippen molar-refractivity contribution in [1.82, 2.24) is 19.7 Å². The molecule has 0 radical (unpaired) electrons. The van der Waals surface area contributed by atoms with E-state index in [9.17, 15) is 0 Å². The van der Waals surface area contributed by atoms with Crippen molar-refractivity contribution >= 4 is 0 Å². The summed E-state index contributed by atoms with van der Waals surface area (Å²) in [5.74, 6) is 0. The topological polar surface area (TPSA) is 34.0 Å². The highest BCUT2D eigenvalue weighted by atomic mass is 15.3. The van der Waals surface area contributed by atoms with Gasteiger partial charge in [0, 0.05) is 43.3 Å². The van der Waals surface area contributed by atoms with Gasteiger partial charge in [0.2, 0.25) is 0 Å². The molecular weight excluding hydrogens is 272 g/mol. The molecule has 1 atom stereocenters. The van der Waals surface area contributed by atoms with Crippen molar-refractivity contribution in [3.8, 4) is 0 Å². The van der Waals surface area contributed by atoms with Gasteiger partial charge < -0.3 is 0 Å². The number of nitrogens with zero attached hydrogens (tertiary/aromatic N) is 4. The van der Waals surface area contributed by atoms with Crippen molar-refractivity contribution in [3.05, 3.63) is 47.5 Å². The van der Waals surface area contributed by atoms with Crippen LogP contribution in [0.25, 0.3) is 0 Å². The first-order valence-electron chi connectivity index (χ1n) is 8.35. The Bertz CT molecular complexity index is 590.